The number of hydrogen-bond donors (Lipinski definition) is 0. The van der Waals surface area contributed by atoms with Crippen molar-refractivity contribution in [2.75, 3.05) is 0 Å². The highest BCUT2D eigenvalue weighted by Gasteiger charge is 2.14. The Morgan fingerprint density at radius 1 is 1.15 bits per heavy atom. The first-order chi connectivity index (χ1) is 9.35. The van der Waals surface area contributed by atoms with E-state index in [1.54, 1.807) is 0 Å². The normalized spacial score (nSPS) is 13.0. The number of halogens is 1. The maximum absolute atomic E-state index is 11.0. The van der Waals surface area contributed by atoms with Crippen LogP contribution in [-0.4, -0.2) is 18.8 Å². The summed E-state index contributed by atoms with van der Waals surface area (Å²) in [5.41, 5.74) is 0. The SMILES string of the molecule is C=CC(=O)OC(C)CCCCCCCCC[Si](C)(C)Br. The van der Waals surface area contributed by atoms with Gasteiger partial charge in [0.15, 0.2) is 0 Å². The van der Waals surface area contributed by atoms with Gasteiger partial charge >= 0.3 is 5.97 Å². The van der Waals surface area contributed by atoms with Crippen LogP contribution in [0.5, 0.6) is 0 Å². The average Bonchev–Trinajstić information content (AvgIpc) is 2.35. The van der Waals surface area contributed by atoms with E-state index in [4.69, 9.17) is 4.74 Å². The summed E-state index contributed by atoms with van der Waals surface area (Å²) in [4.78, 5) is 11.0. The van der Waals surface area contributed by atoms with Crippen LogP contribution < -0.4 is 0 Å². The summed E-state index contributed by atoms with van der Waals surface area (Å²) in [5.74, 6) is -0.309. The highest BCUT2D eigenvalue weighted by atomic mass is 79.9. The van der Waals surface area contributed by atoms with E-state index in [2.05, 4.69) is 35.0 Å². The molecule has 1 atom stereocenters. The molecule has 0 aromatic rings. The van der Waals surface area contributed by atoms with Gasteiger partial charge in [0.1, 0.15) is 6.69 Å². The van der Waals surface area contributed by atoms with Gasteiger partial charge in [-0.05, 0) is 25.8 Å². The second kappa shape index (κ2) is 11.6. The van der Waals surface area contributed by atoms with Gasteiger partial charge in [-0.1, -0.05) is 58.2 Å². The summed E-state index contributed by atoms with van der Waals surface area (Å²) < 4.78 is 5.13. The third-order valence-corrected chi connectivity index (χ3v) is 6.10. The molecule has 0 fully saturated rings. The molecule has 0 rings (SSSR count). The number of esters is 1. The molecule has 20 heavy (non-hydrogen) atoms. The third kappa shape index (κ3) is 14.3. The molecule has 0 aliphatic rings. The first-order valence-electron chi connectivity index (χ1n) is 7.87. The summed E-state index contributed by atoms with van der Waals surface area (Å²) in [5, 5.41) is 0. The Hall–Kier alpha value is -0.0931. The molecule has 0 N–H and O–H groups in total. The van der Waals surface area contributed by atoms with Crippen molar-refractivity contribution in [3.8, 4) is 0 Å². The standard InChI is InChI=1S/C16H31BrO2Si/c1-5-16(18)19-15(2)13-11-9-7-6-8-10-12-14-20(3,4)17/h5,15H,1,6-14H2,2-4H3. The zero-order valence-corrected chi connectivity index (χ0v) is 16.0. The monoisotopic (exact) mass is 362 g/mol. The Morgan fingerprint density at radius 2 is 1.65 bits per heavy atom. The first kappa shape index (κ1) is 19.9. The van der Waals surface area contributed by atoms with Crippen molar-refractivity contribution in [2.24, 2.45) is 0 Å². The quantitative estimate of drug-likeness (QED) is 0.143. The molecule has 0 bridgehead atoms. The third-order valence-electron chi connectivity index (χ3n) is 3.37. The minimum absolute atomic E-state index is 0.0200. The number of carbonyl (C=O) groups is 1. The number of carbonyl (C=O) groups excluding carboxylic acids is 1. The molecule has 0 saturated heterocycles. The van der Waals surface area contributed by atoms with Crippen LogP contribution in [0.25, 0.3) is 0 Å². The van der Waals surface area contributed by atoms with E-state index in [9.17, 15) is 4.79 Å². The highest BCUT2D eigenvalue weighted by molar-refractivity contribution is 9.26. The van der Waals surface area contributed by atoms with E-state index >= 15 is 0 Å². The zero-order valence-electron chi connectivity index (χ0n) is 13.4. The molecule has 4 heteroatoms. The fraction of sp³-hybridized carbons (Fsp3) is 0.812. The maximum Gasteiger partial charge on any atom is 0.330 e. The number of unbranched alkanes of at least 4 members (excludes halogenated alkanes) is 6. The minimum atomic E-state index is -1.00. The smallest absolute Gasteiger partial charge is 0.330 e. The molecule has 118 valence electrons. The van der Waals surface area contributed by atoms with Crippen LogP contribution in [-0.2, 0) is 9.53 Å². The average molecular weight is 363 g/mol. The molecular weight excluding hydrogens is 332 g/mol. The molecule has 1 unspecified atom stereocenters. The first-order valence-corrected chi connectivity index (χ1v) is 13.3. The predicted octanol–water partition coefficient (Wildman–Crippen LogP) is 5.82. The topological polar surface area (TPSA) is 26.3 Å². The van der Waals surface area contributed by atoms with Crippen molar-refractivity contribution >= 4 is 28.0 Å². The molecule has 0 heterocycles. The van der Waals surface area contributed by atoms with Crippen molar-refractivity contribution in [2.45, 2.75) is 83.5 Å². The van der Waals surface area contributed by atoms with Crippen molar-refractivity contribution in [3.05, 3.63) is 12.7 Å². The summed E-state index contributed by atoms with van der Waals surface area (Å²) in [6.07, 6.45) is 11.3. The minimum Gasteiger partial charge on any atom is -0.460 e. The van der Waals surface area contributed by atoms with Crippen molar-refractivity contribution < 1.29 is 9.53 Å². The molecule has 0 aliphatic heterocycles. The zero-order chi connectivity index (χ0) is 15.4. The molecule has 2 nitrogen and oxygen atoms in total. The van der Waals surface area contributed by atoms with Crippen molar-refractivity contribution in [1.82, 2.24) is 0 Å². The Kier molecular flexibility index (Phi) is 11.5. The van der Waals surface area contributed by atoms with Gasteiger partial charge in [0, 0.05) is 6.08 Å². The predicted molar refractivity (Wildman–Crippen MR) is 93.9 cm³/mol. The van der Waals surface area contributed by atoms with Crippen molar-refractivity contribution in [1.29, 1.82) is 0 Å². The molecule has 0 radical (unpaired) electrons. The Bertz CT molecular complexity index is 274. The highest BCUT2D eigenvalue weighted by Crippen LogP contribution is 2.21. The van der Waals surface area contributed by atoms with Gasteiger partial charge < -0.3 is 4.74 Å². The van der Waals surface area contributed by atoms with Crippen LogP contribution in [0.2, 0.25) is 19.1 Å². The lowest BCUT2D eigenvalue weighted by molar-refractivity contribution is -0.142. The molecular formula is C16H31BrO2Si. The van der Waals surface area contributed by atoms with Gasteiger partial charge in [-0.2, -0.15) is 0 Å². The molecule has 0 saturated carbocycles. The molecule has 0 amide bonds. The van der Waals surface area contributed by atoms with Crippen LogP contribution in [0.3, 0.4) is 0 Å². The van der Waals surface area contributed by atoms with Crippen LogP contribution >= 0.6 is 15.3 Å². The summed E-state index contributed by atoms with van der Waals surface area (Å²) in [6, 6.07) is 1.39. The van der Waals surface area contributed by atoms with Crippen LogP contribution in [0.1, 0.15) is 58.3 Å². The van der Waals surface area contributed by atoms with E-state index in [1.807, 2.05) is 6.92 Å². The van der Waals surface area contributed by atoms with E-state index in [-0.39, 0.29) is 12.1 Å². The summed E-state index contributed by atoms with van der Waals surface area (Å²) in [7, 11) is 0. The summed E-state index contributed by atoms with van der Waals surface area (Å²) in [6.45, 7) is 9.08. The molecule has 0 aliphatic carbocycles. The maximum atomic E-state index is 11.0. The van der Waals surface area contributed by atoms with Gasteiger partial charge in [-0.15, -0.1) is 15.3 Å². The van der Waals surface area contributed by atoms with Gasteiger partial charge in [0.05, 0.1) is 6.10 Å². The Labute approximate surface area is 133 Å². The van der Waals surface area contributed by atoms with Crippen LogP contribution in [0, 0.1) is 0 Å². The second-order valence-electron chi connectivity index (χ2n) is 6.18. The molecule has 0 aromatic carbocycles. The fourth-order valence-corrected chi connectivity index (χ4v) is 4.10. The largest absolute Gasteiger partial charge is 0.460 e. The summed E-state index contributed by atoms with van der Waals surface area (Å²) >= 11 is 3.81. The lowest BCUT2D eigenvalue weighted by Crippen LogP contribution is -2.13. The lowest BCUT2D eigenvalue weighted by atomic mass is 10.1. The van der Waals surface area contributed by atoms with Crippen LogP contribution in [0.15, 0.2) is 12.7 Å². The fourth-order valence-electron chi connectivity index (χ4n) is 2.17. The van der Waals surface area contributed by atoms with Crippen LogP contribution in [0.4, 0.5) is 0 Å². The lowest BCUT2D eigenvalue weighted by Gasteiger charge is -2.12. The van der Waals surface area contributed by atoms with E-state index in [1.165, 1.54) is 50.6 Å². The van der Waals surface area contributed by atoms with Gasteiger partial charge in [-0.3, -0.25) is 0 Å². The van der Waals surface area contributed by atoms with E-state index in [0.717, 1.165) is 12.8 Å². The van der Waals surface area contributed by atoms with Gasteiger partial charge in [0.2, 0.25) is 0 Å². The number of hydrogen-bond acceptors (Lipinski definition) is 2. The Balaban J connectivity index is 3.28. The van der Waals surface area contributed by atoms with E-state index < -0.39 is 6.69 Å². The molecule has 0 aromatic heterocycles. The van der Waals surface area contributed by atoms with E-state index in [0.29, 0.717) is 0 Å². The number of ether oxygens (including phenoxy) is 1. The van der Waals surface area contributed by atoms with Gasteiger partial charge in [-0.25, -0.2) is 4.79 Å². The number of rotatable bonds is 12. The van der Waals surface area contributed by atoms with Gasteiger partial charge in [0.25, 0.3) is 0 Å². The molecule has 0 spiro atoms. The Morgan fingerprint density at radius 3 is 2.15 bits per heavy atom. The van der Waals surface area contributed by atoms with Crippen molar-refractivity contribution in [3.63, 3.8) is 0 Å². The second-order valence-corrected chi connectivity index (χ2v) is 16.6.